The van der Waals surface area contributed by atoms with Gasteiger partial charge in [-0.25, -0.2) is 0 Å². The predicted octanol–water partition coefficient (Wildman–Crippen LogP) is 1.61. The highest BCUT2D eigenvalue weighted by atomic mass is 32.1. The fourth-order valence-corrected chi connectivity index (χ4v) is 2.47. The van der Waals surface area contributed by atoms with Crippen molar-refractivity contribution in [3.63, 3.8) is 0 Å². The van der Waals surface area contributed by atoms with E-state index in [1.807, 2.05) is 0 Å². The van der Waals surface area contributed by atoms with Crippen molar-refractivity contribution in [2.24, 2.45) is 5.92 Å². The molecule has 1 aromatic carbocycles. The van der Waals surface area contributed by atoms with Crippen LogP contribution in [0.1, 0.15) is 13.3 Å². The molecule has 2 amide bonds. The van der Waals surface area contributed by atoms with Gasteiger partial charge in [0.15, 0.2) is 5.78 Å². The molecule has 1 aliphatic heterocycles. The zero-order valence-electron chi connectivity index (χ0n) is 12.7. The second kappa shape index (κ2) is 7.15. The zero-order valence-corrected chi connectivity index (χ0v) is 13.5. The smallest absolute Gasteiger partial charge is 0.259 e. The number of rotatable bonds is 5. The Morgan fingerprint density at radius 3 is 2.65 bits per heavy atom. The van der Waals surface area contributed by atoms with Gasteiger partial charge in [-0.15, -0.1) is 0 Å². The number of benzene rings is 1. The summed E-state index contributed by atoms with van der Waals surface area (Å²) in [5, 5.41) is 5.14. The molecule has 1 heterocycles. The highest BCUT2D eigenvalue weighted by Gasteiger charge is 2.28. The average Bonchev–Trinajstić information content (AvgIpc) is 2.82. The van der Waals surface area contributed by atoms with Crippen LogP contribution in [0.5, 0.6) is 5.75 Å². The highest BCUT2D eigenvalue weighted by Crippen LogP contribution is 2.24. The third-order valence-electron chi connectivity index (χ3n) is 3.35. The number of ketones is 1. The van der Waals surface area contributed by atoms with E-state index in [0.29, 0.717) is 16.4 Å². The molecule has 0 saturated carbocycles. The van der Waals surface area contributed by atoms with Crippen LogP contribution in [0.15, 0.2) is 35.9 Å². The maximum atomic E-state index is 12.4. The van der Waals surface area contributed by atoms with Crippen molar-refractivity contribution in [1.29, 1.82) is 0 Å². The molecule has 0 aromatic heterocycles. The molecule has 23 heavy (non-hydrogen) atoms. The van der Waals surface area contributed by atoms with Crippen molar-refractivity contribution in [2.75, 3.05) is 12.4 Å². The Kier molecular flexibility index (Phi) is 5.23. The molecule has 1 aliphatic rings. The van der Waals surface area contributed by atoms with E-state index in [1.165, 1.54) is 20.1 Å². The van der Waals surface area contributed by atoms with Crippen LogP contribution in [0, 0.1) is 5.92 Å². The second-order valence-electron chi connectivity index (χ2n) is 5.01. The fourth-order valence-electron chi connectivity index (χ4n) is 2.20. The van der Waals surface area contributed by atoms with Crippen LogP contribution in [0.4, 0.5) is 5.69 Å². The summed E-state index contributed by atoms with van der Waals surface area (Å²) in [6.45, 7) is 1.29. The van der Waals surface area contributed by atoms with E-state index in [0.717, 1.165) is 0 Å². The number of carbonyl (C=O) groups is 3. The number of ether oxygens (including phenoxy) is 1. The topological polar surface area (TPSA) is 84.5 Å². The fraction of sp³-hybridized carbons (Fsp3) is 0.250. The first-order valence-electron chi connectivity index (χ1n) is 6.93. The molecule has 1 saturated heterocycles. The van der Waals surface area contributed by atoms with Gasteiger partial charge in [-0.3, -0.25) is 14.4 Å². The molecule has 1 aromatic rings. The Labute approximate surface area is 138 Å². The number of anilines is 1. The van der Waals surface area contributed by atoms with Gasteiger partial charge in [0.05, 0.1) is 23.4 Å². The SMILES string of the molecule is COc1ccccc1NC(=O)/C(=C\[C@H]1CC(=O)NC1=S)C(C)=O. The highest BCUT2D eigenvalue weighted by molar-refractivity contribution is 7.80. The quantitative estimate of drug-likeness (QED) is 0.370. The summed E-state index contributed by atoms with van der Waals surface area (Å²) in [7, 11) is 1.49. The minimum absolute atomic E-state index is 0.0419. The number of nitrogens with one attached hydrogen (secondary N) is 2. The molecule has 0 radical (unpaired) electrons. The second-order valence-corrected chi connectivity index (χ2v) is 5.45. The van der Waals surface area contributed by atoms with E-state index in [9.17, 15) is 14.4 Å². The van der Waals surface area contributed by atoms with E-state index in [4.69, 9.17) is 17.0 Å². The summed E-state index contributed by atoms with van der Waals surface area (Å²) >= 11 is 5.04. The molecule has 0 bridgehead atoms. The molecule has 0 unspecified atom stereocenters. The Balaban J connectivity index is 2.24. The maximum absolute atomic E-state index is 12.4. The van der Waals surface area contributed by atoms with Gasteiger partial charge in [-0.05, 0) is 19.1 Å². The Hall–Kier alpha value is -2.54. The molecule has 2 N–H and O–H groups in total. The Morgan fingerprint density at radius 1 is 1.39 bits per heavy atom. The minimum atomic E-state index is -0.566. The number of carbonyl (C=O) groups excluding carboxylic acids is 3. The zero-order chi connectivity index (χ0) is 17.0. The van der Waals surface area contributed by atoms with Crippen LogP contribution >= 0.6 is 12.2 Å². The summed E-state index contributed by atoms with van der Waals surface area (Å²) in [4.78, 5) is 35.8. The van der Waals surface area contributed by atoms with E-state index in [2.05, 4.69) is 10.6 Å². The van der Waals surface area contributed by atoms with Crippen molar-refractivity contribution in [3.8, 4) is 5.75 Å². The lowest BCUT2D eigenvalue weighted by atomic mass is 10.0. The van der Waals surface area contributed by atoms with E-state index >= 15 is 0 Å². The van der Waals surface area contributed by atoms with E-state index in [-0.39, 0.29) is 17.9 Å². The molecule has 2 rings (SSSR count). The van der Waals surface area contributed by atoms with Crippen molar-refractivity contribution >= 4 is 40.5 Å². The minimum Gasteiger partial charge on any atom is -0.495 e. The van der Waals surface area contributed by atoms with Gasteiger partial charge in [-0.2, -0.15) is 0 Å². The van der Waals surface area contributed by atoms with Crippen molar-refractivity contribution in [3.05, 3.63) is 35.9 Å². The maximum Gasteiger partial charge on any atom is 0.259 e. The van der Waals surface area contributed by atoms with Gasteiger partial charge in [0.1, 0.15) is 5.75 Å². The standard InChI is InChI=1S/C16H16N2O4S/c1-9(19)11(7-10-8-14(20)18-16(10)23)15(21)17-12-5-3-4-6-13(12)22-2/h3-7,10H,8H2,1-2H3,(H,17,21)(H,18,20,23)/b11-7-/t10-/m0/s1. The Bertz CT molecular complexity index is 712. The summed E-state index contributed by atoms with van der Waals surface area (Å²) in [6, 6.07) is 6.87. The number of Topliss-reactive ketones (excluding diaryl/α,β-unsaturated/α-hetero) is 1. The largest absolute Gasteiger partial charge is 0.495 e. The van der Waals surface area contributed by atoms with Crippen molar-refractivity contribution in [2.45, 2.75) is 13.3 Å². The van der Waals surface area contributed by atoms with E-state index in [1.54, 1.807) is 24.3 Å². The van der Waals surface area contributed by atoms with Crippen molar-refractivity contribution in [1.82, 2.24) is 5.32 Å². The number of thiocarbonyl (C=S) groups is 1. The predicted molar refractivity (Wildman–Crippen MR) is 89.2 cm³/mol. The molecule has 1 fully saturated rings. The summed E-state index contributed by atoms with van der Waals surface area (Å²) in [6.07, 6.45) is 1.57. The molecule has 0 aliphatic carbocycles. The van der Waals surface area contributed by atoms with Gasteiger partial charge in [-0.1, -0.05) is 30.4 Å². The van der Waals surface area contributed by atoms with Crippen LogP contribution in [0.25, 0.3) is 0 Å². The summed E-state index contributed by atoms with van der Waals surface area (Å²) in [5.41, 5.74) is 0.412. The molecule has 6 nitrogen and oxygen atoms in total. The number of para-hydroxylation sites is 2. The van der Waals surface area contributed by atoms with Gasteiger partial charge >= 0.3 is 0 Å². The molecular weight excluding hydrogens is 316 g/mol. The molecule has 1 atom stereocenters. The summed E-state index contributed by atoms with van der Waals surface area (Å²) in [5.74, 6) is -1.15. The average molecular weight is 332 g/mol. The molecular formula is C16H16N2O4S. The lowest BCUT2D eigenvalue weighted by molar-refractivity contribution is -0.120. The Morgan fingerprint density at radius 2 is 2.09 bits per heavy atom. The van der Waals surface area contributed by atoms with Gasteiger partial charge < -0.3 is 15.4 Å². The lowest BCUT2D eigenvalue weighted by Crippen LogP contribution is -2.22. The van der Waals surface area contributed by atoms with Gasteiger partial charge in [0.2, 0.25) is 5.91 Å². The number of hydrogen-bond acceptors (Lipinski definition) is 5. The first-order valence-corrected chi connectivity index (χ1v) is 7.34. The van der Waals surface area contributed by atoms with Gasteiger partial charge in [0.25, 0.3) is 5.91 Å². The van der Waals surface area contributed by atoms with Crippen LogP contribution in [0.2, 0.25) is 0 Å². The first kappa shape index (κ1) is 16.8. The molecule has 0 spiro atoms. The van der Waals surface area contributed by atoms with Gasteiger partial charge in [0, 0.05) is 12.3 Å². The lowest BCUT2D eigenvalue weighted by Gasteiger charge is -2.11. The molecule has 120 valence electrons. The normalized spacial score (nSPS) is 17.7. The molecule has 7 heteroatoms. The van der Waals surface area contributed by atoms with Crippen LogP contribution in [0.3, 0.4) is 0 Å². The number of amides is 2. The number of methoxy groups -OCH3 is 1. The van der Waals surface area contributed by atoms with E-state index < -0.39 is 17.6 Å². The first-order chi connectivity index (χ1) is 10.9. The van der Waals surface area contributed by atoms with Crippen LogP contribution < -0.4 is 15.4 Å². The van der Waals surface area contributed by atoms with Crippen molar-refractivity contribution < 1.29 is 19.1 Å². The monoisotopic (exact) mass is 332 g/mol. The summed E-state index contributed by atoms with van der Waals surface area (Å²) < 4.78 is 5.16. The van der Waals surface area contributed by atoms with Crippen LogP contribution in [-0.2, 0) is 14.4 Å². The number of hydrogen-bond donors (Lipinski definition) is 2. The third-order valence-corrected chi connectivity index (χ3v) is 3.76. The third kappa shape index (κ3) is 4.01. The van der Waals surface area contributed by atoms with Crippen LogP contribution in [-0.4, -0.2) is 29.7 Å².